The first kappa shape index (κ1) is 9.34. The topological polar surface area (TPSA) is 40.9 Å². The van der Waals surface area contributed by atoms with E-state index in [1.165, 1.54) is 6.21 Å². The van der Waals surface area contributed by atoms with Crippen molar-refractivity contribution in [3.05, 3.63) is 0 Å². The largest absolute Gasteiger partial charge is 0.313 e. The van der Waals surface area contributed by atoms with Crippen molar-refractivity contribution in [3.63, 3.8) is 0 Å². The van der Waals surface area contributed by atoms with E-state index in [4.69, 9.17) is 5.41 Å². The second-order valence-electron chi connectivity index (χ2n) is 2.94. The zero-order valence-electron chi connectivity index (χ0n) is 6.68. The van der Waals surface area contributed by atoms with Crippen molar-refractivity contribution in [2.45, 2.75) is 33.1 Å². The molecule has 0 aliphatic heterocycles. The fourth-order valence-corrected chi connectivity index (χ4v) is 0.820. The summed E-state index contributed by atoms with van der Waals surface area (Å²) in [4.78, 5) is 10.2. The van der Waals surface area contributed by atoms with Crippen LogP contribution in [0.5, 0.6) is 0 Å². The van der Waals surface area contributed by atoms with E-state index in [9.17, 15) is 4.79 Å². The van der Waals surface area contributed by atoms with E-state index in [2.05, 4.69) is 0 Å². The smallest absolute Gasteiger partial charge is 0.120 e. The van der Waals surface area contributed by atoms with Gasteiger partial charge in [0.2, 0.25) is 0 Å². The van der Waals surface area contributed by atoms with Crippen LogP contribution in [0.1, 0.15) is 33.1 Å². The molecule has 0 fully saturated rings. The first-order chi connectivity index (χ1) is 4.68. The second kappa shape index (κ2) is 4.20. The van der Waals surface area contributed by atoms with Crippen LogP contribution in [-0.2, 0) is 4.79 Å². The van der Waals surface area contributed by atoms with Gasteiger partial charge in [0.25, 0.3) is 0 Å². The van der Waals surface area contributed by atoms with Gasteiger partial charge in [-0.3, -0.25) is 0 Å². The summed E-state index contributed by atoms with van der Waals surface area (Å²) in [5.41, 5.74) is 0.0312. The first-order valence-electron chi connectivity index (χ1n) is 3.61. The maximum absolute atomic E-state index is 10.2. The molecule has 0 saturated carbocycles. The number of carbonyl (C=O) groups excluding carboxylic acids is 1. The van der Waals surface area contributed by atoms with Gasteiger partial charge in [-0.25, -0.2) is 0 Å². The Balaban J connectivity index is 3.92. The molecule has 0 spiro atoms. The van der Waals surface area contributed by atoms with E-state index in [1.807, 2.05) is 13.8 Å². The molecule has 0 radical (unpaired) electrons. The summed E-state index contributed by atoms with van der Waals surface area (Å²) in [7, 11) is 0. The molecule has 0 rings (SSSR count). The van der Waals surface area contributed by atoms with Crippen LogP contribution in [0.25, 0.3) is 0 Å². The molecule has 0 aliphatic rings. The van der Waals surface area contributed by atoms with Crippen LogP contribution < -0.4 is 0 Å². The van der Waals surface area contributed by atoms with Gasteiger partial charge < -0.3 is 10.2 Å². The third kappa shape index (κ3) is 2.76. The van der Waals surface area contributed by atoms with Crippen molar-refractivity contribution in [1.29, 1.82) is 5.41 Å². The van der Waals surface area contributed by atoms with Crippen LogP contribution in [0, 0.1) is 10.8 Å². The number of hydrogen-bond acceptors (Lipinski definition) is 2. The molecule has 2 heteroatoms. The molecule has 0 saturated heterocycles. The monoisotopic (exact) mass is 141 g/mol. The molecular weight excluding hydrogens is 126 g/mol. The molecular formula is C8H15NO. The van der Waals surface area contributed by atoms with Crippen molar-refractivity contribution < 1.29 is 4.79 Å². The number of hydrogen-bond donors (Lipinski definition) is 1. The first-order valence-corrected chi connectivity index (χ1v) is 3.61. The zero-order valence-corrected chi connectivity index (χ0v) is 6.68. The van der Waals surface area contributed by atoms with Crippen LogP contribution in [0.2, 0.25) is 0 Å². The molecule has 58 valence electrons. The number of nitrogens with one attached hydrogen (secondary N) is 1. The Hall–Kier alpha value is -0.660. The van der Waals surface area contributed by atoms with Crippen molar-refractivity contribution >= 4 is 12.5 Å². The molecule has 1 N–H and O–H groups in total. The Kier molecular flexibility index (Phi) is 3.93. The Labute approximate surface area is 62.1 Å². The lowest BCUT2D eigenvalue weighted by atomic mass is 9.82. The second-order valence-corrected chi connectivity index (χ2v) is 2.94. The summed E-state index contributed by atoms with van der Waals surface area (Å²) in [6, 6.07) is 0. The average Bonchev–Trinajstić information content (AvgIpc) is 1.89. The molecule has 0 aromatic carbocycles. The third-order valence-corrected chi connectivity index (χ3v) is 2.02. The molecule has 0 bridgehead atoms. The maximum atomic E-state index is 10.2. The van der Waals surface area contributed by atoms with E-state index in [0.29, 0.717) is 12.8 Å². The summed E-state index contributed by atoms with van der Waals surface area (Å²) < 4.78 is 0. The van der Waals surface area contributed by atoms with E-state index < -0.39 is 0 Å². The van der Waals surface area contributed by atoms with Crippen molar-refractivity contribution in [2.24, 2.45) is 5.41 Å². The minimum absolute atomic E-state index is 0.0312. The van der Waals surface area contributed by atoms with Gasteiger partial charge in [-0.1, -0.05) is 13.8 Å². The van der Waals surface area contributed by atoms with E-state index in [0.717, 1.165) is 12.7 Å². The van der Waals surface area contributed by atoms with Crippen LogP contribution in [0.4, 0.5) is 0 Å². The molecule has 0 amide bonds. The van der Waals surface area contributed by atoms with E-state index in [1.54, 1.807) is 0 Å². The molecule has 0 aromatic heterocycles. The lowest BCUT2D eigenvalue weighted by Crippen LogP contribution is -2.15. The van der Waals surface area contributed by atoms with Crippen LogP contribution >= 0.6 is 0 Å². The van der Waals surface area contributed by atoms with Gasteiger partial charge in [0.15, 0.2) is 0 Å². The van der Waals surface area contributed by atoms with E-state index >= 15 is 0 Å². The predicted octanol–water partition coefficient (Wildman–Crippen LogP) is 2.03. The normalized spacial score (nSPS) is 15.8. The quantitative estimate of drug-likeness (QED) is 0.462. The number of carbonyl (C=O) groups is 1. The van der Waals surface area contributed by atoms with Gasteiger partial charge >= 0.3 is 0 Å². The standard InChI is InChI=1S/C8H15NO/c1-3-8(2,4-6-9)5-7-10/h6-7,9H,3-5H2,1-2H3. The van der Waals surface area contributed by atoms with Gasteiger partial charge in [0, 0.05) is 6.42 Å². The Morgan fingerprint density at radius 1 is 1.50 bits per heavy atom. The average molecular weight is 141 g/mol. The summed E-state index contributed by atoms with van der Waals surface area (Å²) >= 11 is 0. The number of rotatable bonds is 5. The lowest BCUT2D eigenvalue weighted by Gasteiger charge is -2.22. The maximum Gasteiger partial charge on any atom is 0.120 e. The van der Waals surface area contributed by atoms with Gasteiger partial charge in [0.1, 0.15) is 6.29 Å². The minimum Gasteiger partial charge on any atom is -0.313 e. The fraction of sp³-hybridized carbons (Fsp3) is 0.750. The van der Waals surface area contributed by atoms with Crippen LogP contribution in [0.3, 0.4) is 0 Å². The summed E-state index contributed by atoms with van der Waals surface area (Å²) in [6.45, 7) is 4.08. The highest BCUT2D eigenvalue weighted by atomic mass is 16.1. The molecule has 0 aliphatic carbocycles. The summed E-state index contributed by atoms with van der Waals surface area (Å²) in [5, 5.41) is 6.90. The van der Waals surface area contributed by atoms with Gasteiger partial charge in [0.05, 0.1) is 0 Å². The highest BCUT2D eigenvalue weighted by molar-refractivity contribution is 5.57. The summed E-state index contributed by atoms with van der Waals surface area (Å²) in [5.74, 6) is 0. The molecule has 1 unspecified atom stereocenters. The Morgan fingerprint density at radius 2 is 2.10 bits per heavy atom. The molecule has 10 heavy (non-hydrogen) atoms. The highest BCUT2D eigenvalue weighted by Gasteiger charge is 2.19. The van der Waals surface area contributed by atoms with Crippen molar-refractivity contribution in [2.75, 3.05) is 0 Å². The van der Waals surface area contributed by atoms with E-state index in [-0.39, 0.29) is 5.41 Å². The molecule has 2 nitrogen and oxygen atoms in total. The zero-order chi connectivity index (χ0) is 8.04. The molecule has 0 heterocycles. The number of aldehydes is 1. The third-order valence-electron chi connectivity index (χ3n) is 2.02. The highest BCUT2D eigenvalue weighted by Crippen LogP contribution is 2.27. The van der Waals surface area contributed by atoms with Crippen molar-refractivity contribution in [1.82, 2.24) is 0 Å². The van der Waals surface area contributed by atoms with Gasteiger partial charge in [-0.2, -0.15) is 0 Å². The molecule has 1 atom stereocenters. The predicted molar refractivity (Wildman–Crippen MR) is 42.5 cm³/mol. The summed E-state index contributed by atoms with van der Waals surface area (Å²) in [6.07, 6.45) is 4.56. The SMILES string of the molecule is CCC(C)(CC=N)CC=O. The van der Waals surface area contributed by atoms with Gasteiger partial charge in [-0.05, 0) is 24.5 Å². The van der Waals surface area contributed by atoms with Crippen molar-refractivity contribution in [3.8, 4) is 0 Å². The minimum atomic E-state index is 0.0312. The van der Waals surface area contributed by atoms with Crippen LogP contribution in [-0.4, -0.2) is 12.5 Å². The Morgan fingerprint density at radius 3 is 2.40 bits per heavy atom. The lowest BCUT2D eigenvalue weighted by molar-refractivity contribution is -0.109. The Bertz CT molecular complexity index is 110. The molecule has 0 aromatic rings. The van der Waals surface area contributed by atoms with Gasteiger partial charge in [-0.15, -0.1) is 0 Å². The fourth-order valence-electron chi connectivity index (χ4n) is 0.820. The van der Waals surface area contributed by atoms with Crippen LogP contribution in [0.15, 0.2) is 0 Å².